The highest BCUT2D eigenvalue weighted by Crippen LogP contribution is 2.21. The first kappa shape index (κ1) is 22.5. The normalized spacial score (nSPS) is 14.6. The third-order valence-electron chi connectivity index (χ3n) is 5.72. The number of hydrogen-bond acceptors (Lipinski definition) is 6. The van der Waals surface area contributed by atoms with E-state index in [0.717, 1.165) is 11.1 Å². The Morgan fingerprint density at radius 2 is 1.85 bits per heavy atom. The van der Waals surface area contributed by atoms with Crippen LogP contribution in [0.4, 0.5) is 5.82 Å². The number of rotatable bonds is 6. The van der Waals surface area contributed by atoms with Gasteiger partial charge < -0.3 is 20.6 Å². The molecular formula is C24H27N5O4. The number of anilines is 1. The highest BCUT2D eigenvalue weighted by molar-refractivity contribution is 5.97. The van der Waals surface area contributed by atoms with E-state index >= 15 is 0 Å². The first-order chi connectivity index (χ1) is 15.7. The number of likely N-dealkylation sites (tertiary alicyclic amines) is 1. The van der Waals surface area contributed by atoms with E-state index in [9.17, 15) is 19.5 Å². The Hall–Kier alpha value is -3.72. The Morgan fingerprint density at radius 3 is 2.48 bits per heavy atom. The molecule has 0 atom stereocenters. The molecule has 33 heavy (non-hydrogen) atoms. The van der Waals surface area contributed by atoms with E-state index in [0.29, 0.717) is 16.9 Å². The van der Waals surface area contributed by atoms with E-state index in [1.807, 2.05) is 31.2 Å². The van der Waals surface area contributed by atoms with Gasteiger partial charge in [0.1, 0.15) is 23.6 Å². The van der Waals surface area contributed by atoms with Crippen molar-refractivity contribution in [1.82, 2.24) is 19.8 Å². The zero-order valence-electron chi connectivity index (χ0n) is 18.9. The van der Waals surface area contributed by atoms with Crippen LogP contribution >= 0.6 is 0 Å². The van der Waals surface area contributed by atoms with Crippen molar-refractivity contribution in [2.75, 3.05) is 25.5 Å². The Balaban J connectivity index is 1.66. The van der Waals surface area contributed by atoms with E-state index in [4.69, 9.17) is 0 Å². The van der Waals surface area contributed by atoms with Crippen molar-refractivity contribution < 1.29 is 14.7 Å². The van der Waals surface area contributed by atoms with Gasteiger partial charge in [-0.3, -0.25) is 19.0 Å². The number of hydrogen-bond donors (Lipinski definition) is 3. The third-order valence-corrected chi connectivity index (χ3v) is 5.72. The quantitative estimate of drug-likeness (QED) is 0.522. The summed E-state index contributed by atoms with van der Waals surface area (Å²) in [6, 6.07) is 12.7. The van der Waals surface area contributed by atoms with Crippen molar-refractivity contribution in [2.24, 2.45) is 0 Å². The molecule has 0 unspecified atom stereocenters. The first-order valence-corrected chi connectivity index (χ1v) is 10.7. The number of benzene rings is 1. The average Bonchev–Trinajstić information content (AvgIpc) is 2.78. The second-order valence-electron chi connectivity index (χ2n) is 8.72. The summed E-state index contributed by atoms with van der Waals surface area (Å²) in [6.45, 7) is 4.03. The molecule has 1 fully saturated rings. The highest BCUT2D eigenvalue weighted by Gasteiger charge is 2.39. The van der Waals surface area contributed by atoms with Gasteiger partial charge in [-0.2, -0.15) is 0 Å². The molecule has 1 aromatic carbocycles. The Morgan fingerprint density at radius 1 is 1.15 bits per heavy atom. The van der Waals surface area contributed by atoms with Crippen LogP contribution in [0.5, 0.6) is 0 Å². The Kier molecular flexibility index (Phi) is 5.90. The van der Waals surface area contributed by atoms with E-state index < -0.39 is 17.1 Å². The molecule has 0 saturated carbocycles. The minimum Gasteiger partial charge on any atom is -0.386 e. The van der Waals surface area contributed by atoms with Crippen molar-refractivity contribution in [2.45, 2.75) is 32.5 Å². The Labute approximate surface area is 191 Å². The molecule has 0 bridgehead atoms. The summed E-state index contributed by atoms with van der Waals surface area (Å²) in [4.78, 5) is 44.9. The van der Waals surface area contributed by atoms with Gasteiger partial charge in [0.15, 0.2) is 0 Å². The fourth-order valence-electron chi connectivity index (χ4n) is 3.87. The highest BCUT2D eigenvalue weighted by atomic mass is 16.3. The summed E-state index contributed by atoms with van der Waals surface area (Å²) in [5, 5.41) is 16.2. The van der Waals surface area contributed by atoms with Crippen LogP contribution in [0.15, 0.2) is 47.3 Å². The molecule has 3 heterocycles. The number of amides is 2. The lowest BCUT2D eigenvalue weighted by Crippen LogP contribution is -2.62. The number of aliphatic hydroxyl groups is 1. The fraction of sp³-hybridized carbons (Fsp3) is 0.333. The standard InChI is InChI=1S/C24H27N5O4/c1-15-4-6-16(7-5-15)11-26-22(31)18-10-17-8-9-19(25-3)27-21(17)29(23(18)32)12-20(30)28-13-24(2,33)14-28/h4-10,33H,11-14H2,1-3H3,(H,25,27)(H,26,31). The molecule has 3 N–H and O–H groups in total. The monoisotopic (exact) mass is 449 g/mol. The Bertz CT molecular complexity index is 1270. The van der Waals surface area contributed by atoms with Gasteiger partial charge in [-0.1, -0.05) is 29.8 Å². The molecule has 3 aromatic rings. The molecule has 0 radical (unpaired) electrons. The average molecular weight is 450 g/mol. The van der Waals surface area contributed by atoms with Crippen LogP contribution in [-0.4, -0.2) is 57.1 Å². The molecule has 1 aliphatic heterocycles. The summed E-state index contributed by atoms with van der Waals surface area (Å²) in [5.74, 6) is -0.307. The number of fused-ring (bicyclic) bond motifs is 1. The van der Waals surface area contributed by atoms with Crippen molar-refractivity contribution in [1.29, 1.82) is 0 Å². The largest absolute Gasteiger partial charge is 0.386 e. The maximum absolute atomic E-state index is 13.3. The fourth-order valence-corrected chi connectivity index (χ4v) is 3.87. The summed E-state index contributed by atoms with van der Waals surface area (Å²) >= 11 is 0. The van der Waals surface area contributed by atoms with Crippen molar-refractivity contribution in [3.8, 4) is 0 Å². The van der Waals surface area contributed by atoms with E-state index in [1.54, 1.807) is 26.1 Å². The van der Waals surface area contributed by atoms with Gasteiger partial charge in [-0.15, -0.1) is 0 Å². The van der Waals surface area contributed by atoms with E-state index in [2.05, 4.69) is 15.6 Å². The molecule has 4 rings (SSSR count). The number of β-amino-alcohol motifs (C(OH)–C–C–N with tert-alkyl or cyclic N) is 1. The van der Waals surface area contributed by atoms with Crippen LogP contribution in [-0.2, 0) is 17.9 Å². The van der Waals surface area contributed by atoms with Crippen molar-refractivity contribution >= 4 is 28.7 Å². The van der Waals surface area contributed by atoms with Gasteiger partial charge in [0.25, 0.3) is 11.5 Å². The molecule has 172 valence electrons. The molecule has 0 spiro atoms. The number of aromatic nitrogens is 2. The molecule has 9 nitrogen and oxygen atoms in total. The smallest absolute Gasteiger partial charge is 0.265 e. The first-order valence-electron chi connectivity index (χ1n) is 10.7. The van der Waals surface area contributed by atoms with Crippen LogP contribution in [0.3, 0.4) is 0 Å². The minimum absolute atomic E-state index is 0.0583. The maximum atomic E-state index is 13.3. The maximum Gasteiger partial charge on any atom is 0.265 e. The van der Waals surface area contributed by atoms with Crippen LogP contribution in [0, 0.1) is 6.92 Å². The van der Waals surface area contributed by atoms with Crippen molar-refractivity contribution in [3.63, 3.8) is 0 Å². The molecule has 2 aromatic heterocycles. The number of carbonyl (C=O) groups is 2. The SMILES string of the molecule is CNc1ccc2cc(C(=O)NCc3ccc(C)cc3)c(=O)n(CC(=O)N3CC(C)(O)C3)c2n1. The molecule has 1 aliphatic rings. The molecular weight excluding hydrogens is 422 g/mol. The molecule has 0 aliphatic carbocycles. The summed E-state index contributed by atoms with van der Waals surface area (Å²) in [6.07, 6.45) is 0. The summed E-state index contributed by atoms with van der Waals surface area (Å²) in [5.41, 5.74) is 0.766. The molecule has 2 amide bonds. The van der Waals surface area contributed by atoms with Gasteiger partial charge in [-0.25, -0.2) is 4.98 Å². The second kappa shape index (κ2) is 8.67. The summed E-state index contributed by atoms with van der Waals surface area (Å²) < 4.78 is 1.23. The lowest BCUT2D eigenvalue weighted by Gasteiger charge is -2.44. The lowest BCUT2D eigenvalue weighted by atomic mass is 9.97. The van der Waals surface area contributed by atoms with E-state index in [1.165, 1.54) is 15.5 Å². The number of aryl methyl sites for hydroxylation is 1. The van der Waals surface area contributed by atoms with Gasteiger partial charge in [0.05, 0.1) is 18.7 Å². The zero-order chi connectivity index (χ0) is 23.8. The third kappa shape index (κ3) is 4.73. The number of nitrogens with zero attached hydrogens (tertiary/aromatic N) is 3. The topological polar surface area (TPSA) is 117 Å². The van der Waals surface area contributed by atoms with Crippen LogP contribution in [0.2, 0.25) is 0 Å². The summed E-state index contributed by atoms with van der Waals surface area (Å²) in [7, 11) is 1.71. The van der Waals surface area contributed by atoms with Gasteiger partial charge in [-0.05, 0) is 37.6 Å². The number of nitrogens with one attached hydrogen (secondary N) is 2. The zero-order valence-corrected chi connectivity index (χ0v) is 18.9. The second-order valence-corrected chi connectivity index (χ2v) is 8.72. The van der Waals surface area contributed by atoms with Crippen molar-refractivity contribution in [3.05, 3.63) is 69.5 Å². The lowest BCUT2D eigenvalue weighted by molar-refractivity contribution is -0.152. The van der Waals surface area contributed by atoms with Gasteiger partial charge in [0, 0.05) is 19.0 Å². The number of pyridine rings is 2. The van der Waals surface area contributed by atoms with Crippen LogP contribution in [0.1, 0.15) is 28.4 Å². The van der Waals surface area contributed by atoms with Crippen LogP contribution in [0.25, 0.3) is 11.0 Å². The predicted molar refractivity (Wildman–Crippen MR) is 125 cm³/mol. The van der Waals surface area contributed by atoms with Crippen LogP contribution < -0.4 is 16.2 Å². The van der Waals surface area contributed by atoms with Gasteiger partial charge >= 0.3 is 0 Å². The molecule has 9 heteroatoms. The number of carbonyl (C=O) groups excluding carboxylic acids is 2. The predicted octanol–water partition coefficient (Wildman–Crippen LogP) is 1.27. The van der Waals surface area contributed by atoms with E-state index in [-0.39, 0.29) is 37.6 Å². The molecule has 1 saturated heterocycles. The minimum atomic E-state index is -0.919. The van der Waals surface area contributed by atoms with Gasteiger partial charge in [0.2, 0.25) is 5.91 Å².